The molecule has 0 bridgehead atoms. The molecule has 0 spiro atoms. The molecule has 0 aliphatic heterocycles. The summed E-state index contributed by atoms with van der Waals surface area (Å²) in [5.74, 6) is 5.83. The Hall–Kier alpha value is -1.30. The van der Waals surface area contributed by atoms with Gasteiger partial charge in [-0.25, -0.2) is 0 Å². The maximum absolute atomic E-state index is 10.3. The van der Waals surface area contributed by atoms with E-state index in [9.17, 15) is 5.11 Å². The highest BCUT2D eigenvalue weighted by atomic mass is 16.3. The lowest BCUT2D eigenvalue weighted by atomic mass is 9.72. The third-order valence-electron chi connectivity index (χ3n) is 3.48. The largest absolute Gasteiger partial charge is 0.387 e. The zero-order valence-corrected chi connectivity index (χ0v) is 10.2. The van der Waals surface area contributed by atoms with Crippen molar-refractivity contribution in [2.24, 2.45) is 0 Å². The van der Waals surface area contributed by atoms with Gasteiger partial charge in [-0.1, -0.05) is 30.3 Å². The summed E-state index contributed by atoms with van der Waals surface area (Å²) in [4.78, 5) is 0. The topological polar surface area (TPSA) is 32.3 Å². The number of hydrogen-bond acceptors (Lipinski definition) is 2. The van der Waals surface area contributed by atoms with Crippen molar-refractivity contribution in [3.63, 3.8) is 0 Å². The minimum absolute atomic E-state index is 0.184. The van der Waals surface area contributed by atoms with Crippen molar-refractivity contribution in [2.45, 2.75) is 44.4 Å². The molecule has 2 N–H and O–H groups in total. The van der Waals surface area contributed by atoms with Gasteiger partial charge in [0.15, 0.2) is 0 Å². The number of aliphatic hydroxyl groups is 1. The number of rotatable bonds is 4. The second-order valence-electron chi connectivity index (χ2n) is 4.66. The average Bonchev–Trinajstić information content (AvgIpc) is 2.36. The molecule has 2 heteroatoms. The lowest BCUT2D eigenvalue weighted by molar-refractivity contribution is -0.0643. The quantitative estimate of drug-likeness (QED) is 0.775. The van der Waals surface area contributed by atoms with E-state index in [4.69, 9.17) is 0 Å². The molecule has 2 unspecified atom stereocenters. The van der Waals surface area contributed by atoms with Crippen LogP contribution in [0.4, 0.5) is 0 Å². The van der Waals surface area contributed by atoms with Gasteiger partial charge in [0.1, 0.15) is 0 Å². The van der Waals surface area contributed by atoms with E-state index >= 15 is 0 Å². The van der Waals surface area contributed by atoms with Crippen LogP contribution in [0, 0.1) is 11.8 Å². The highest BCUT2D eigenvalue weighted by molar-refractivity contribution is 5.16. The summed E-state index contributed by atoms with van der Waals surface area (Å²) in [6.45, 7) is 2.63. The van der Waals surface area contributed by atoms with Gasteiger partial charge < -0.3 is 10.4 Å². The zero-order valence-electron chi connectivity index (χ0n) is 10.2. The Labute approximate surface area is 103 Å². The lowest BCUT2D eigenvalue weighted by Crippen LogP contribution is -2.58. The molecule has 17 heavy (non-hydrogen) atoms. The van der Waals surface area contributed by atoms with E-state index in [1.165, 1.54) is 5.56 Å². The zero-order chi connectivity index (χ0) is 12.1. The molecule has 1 saturated carbocycles. The molecule has 90 valence electrons. The second kappa shape index (κ2) is 5.35. The van der Waals surface area contributed by atoms with Crippen LogP contribution in [0.1, 0.15) is 31.7 Å². The highest BCUT2D eigenvalue weighted by Crippen LogP contribution is 2.35. The fourth-order valence-electron chi connectivity index (χ4n) is 2.20. The standard InChI is InChI=1S/C15H19NO/c1-2-3-10-15(17)11-9-14(15)16-12-13-7-5-4-6-8-13/h4-8,14,16-17H,9-12H2,1H3. The Morgan fingerprint density at radius 2 is 2.18 bits per heavy atom. The van der Waals surface area contributed by atoms with E-state index in [0.29, 0.717) is 6.42 Å². The molecule has 2 atom stereocenters. The van der Waals surface area contributed by atoms with Gasteiger partial charge in [-0.3, -0.25) is 0 Å². The molecule has 0 aromatic heterocycles. The highest BCUT2D eigenvalue weighted by Gasteiger charge is 2.44. The van der Waals surface area contributed by atoms with Crippen LogP contribution in [0.15, 0.2) is 30.3 Å². The summed E-state index contributed by atoms with van der Waals surface area (Å²) in [5.41, 5.74) is 0.640. The number of nitrogens with one attached hydrogen (secondary N) is 1. The Bertz CT molecular complexity index is 418. The van der Waals surface area contributed by atoms with Gasteiger partial charge in [-0.2, -0.15) is 0 Å². The van der Waals surface area contributed by atoms with Crippen LogP contribution < -0.4 is 5.32 Å². The van der Waals surface area contributed by atoms with Crippen molar-refractivity contribution < 1.29 is 5.11 Å². The molecule has 1 aromatic rings. The predicted octanol–water partition coefficient (Wildman–Crippen LogP) is 2.08. The Morgan fingerprint density at radius 1 is 1.41 bits per heavy atom. The molecule has 0 radical (unpaired) electrons. The van der Waals surface area contributed by atoms with Crippen LogP contribution >= 0.6 is 0 Å². The van der Waals surface area contributed by atoms with Gasteiger partial charge in [-0.15, -0.1) is 11.8 Å². The fraction of sp³-hybridized carbons (Fsp3) is 0.467. The van der Waals surface area contributed by atoms with Crippen LogP contribution in [0.3, 0.4) is 0 Å². The molecule has 1 aromatic carbocycles. The van der Waals surface area contributed by atoms with Crippen molar-refractivity contribution in [1.29, 1.82) is 0 Å². The summed E-state index contributed by atoms with van der Waals surface area (Å²) in [6, 6.07) is 10.5. The summed E-state index contributed by atoms with van der Waals surface area (Å²) in [5, 5.41) is 13.7. The van der Waals surface area contributed by atoms with Crippen LogP contribution in [0.25, 0.3) is 0 Å². The average molecular weight is 229 g/mol. The summed E-state index contributed by atoms with van der Waals surface area (Å²) >= 11 is 0. The van der Waals surface area contributed by atoms with Gasteiger partial charge in [0.25, 0.3) is 0 Å². The molecule has 1 fully saturated rings. The third-order valence-corrected chi connectivity index (χ3v) is 3.48. The molecular formula is C15H19NO. The molecule has 1 aliphatic carbocycles. The van der Waals surface area contributed by atoms with Gasteiger partial charge in [-0.05, 0) is 25.3 Å². The Balaban J connectivity index is 1.85. The van der Waals surface area contributed by atoms with Crippen LogP contribution in [-0.2, 0) is 6.54 Å². The van der Waals surface area contributed by atoms with Crippen LogP contribution in [0.2, 0.25) is 0 Å². The van der Waals surface area contributed by atoms with Gasteiger partial charge in [0.05, 0.1) is 5.60 Å². The van der Waals surface area contributed by atoms with Crippen molar-refractivity contribution in [1.82, 2.24) is 5.32 Å². The van der Waals surface area contributed by atoms with Gasteiger partial charge in [0.2, 0.25) is 0 Å². The van der Waals surface area contributed by atoms with E-state index in [-0.39, 0.29) is 6.04 Å². The van der Waals surface area contributed by atoms with Crippen molar-refractivity contribution in [2.75, 3.05) is 0 Å². The maximum atomic E-state index is 10.3. The number of hydrogen-bond donors (Lipinski definition) is 2. The molecule has 0 saturated heterocycles. The van der Waals surface area contributed by atoms with Crippen molar-refractivity contribution in [3.05, 3.63) is 35.9 Å². The van der Waals surface area contributed by atoms with Crippen LogP contribution in [0.5, 0.6) is 0 Å². The van der Waals surface area contributed by atoms with Crippen LogP contribution in [-0.4, -0.2) is 16.7 Å². The summed E-state index contributed by atoms with van der Waals surface area (Å²) in [6.07, 6.45) is 2.47. The summed E-state index contributed by atoms with van der Waals surface area (Å²) in [7, 11) is 0. The van der Waals surface area contributed by atoms with E-state index in [0.717, 1.165) is 19.4 Å². The number of benzene rings is 1. The minimum Gasteiger partial charge on any atom is -0.387 e. The first-order valence-corrected chi connectivity index (χ1v) is 6.14. The first kappa shape index (κ1) is 12.2. The van der Waals surface area contributed by atoms with E-state index in [1.807, 2.05) is 25.1 Å². The molecule has 2 nitrogen and oxygen atoms in total. The predicted molar refractivity (Wildman–Crippen MR) is 69.3 cm³/mol. The first-order chi connectivity index (χ1) is 8.24. The normalized spacial score (nSPS) is 26.8. The van der Waals surface area contributed by atoms with Crippen molar-refractivity contribution in [3.8, 4) is 11.8 Å². The van der Waals surface area contributed by atoms with E-state index in [1.54, 1.807) is 0 Å². The third kappa shape index (κ3) is 2.88. The Morgan fingerprint density at radius 3 is 2.76 bits per heavy atom. The monoisotopic (exact) mass is 229 g/mol. The smallest absolute Gasteiger partial charge is 0.0909 e. The molecule has 0 heterocycles. The van der Waals surface area contributed by atoms with E-state index in [2.05, 4.69) is 29.3 Å². The SMILES string of the molecule is CC#CCC1(O)CCC1NCc1ccccc1. The van der Waals surface area contributed by atoms with Crippen molar-refractivity contribution >= 4 is 0 Å². The molecule has 0 amide bonds. The fourth-order valence-corrected chi connectivity index (χ4v) is 2.20. The van der Waals surface area contributed by atoms with Gasteiger partial charge >= 0.3 is 0 Å². The second-order valence-corrected chi connectivity index (χ2v) is 4.66. The molecule has 2 rings (SSSR count). The Kier molecular flexibility index (Phi) is 3.83. The lowest BCUT2D eigenvalue weighted by Gasteiger charge is -2.45. The molecule has 1 aliphatic rings. The minimum atomic E-state index is -0.613. The summed E-state index contributed by atoms with van der Waals surface area (Å²) < 4.78 is 0. The molecular weight excluding hydrogens is 210 g/mol. The van der Waals surface area contributed by atoms with Gasteiger partial charge in [0, 0.05) is 19.0 Å². The van der Waals surface area contributed by atoms with E-state index < -0.39 is 5.60 Å². The first-order valence-electron chi connectivity index (χ1n) is 6.14. The maximum Gasteiger partial charge on any atom is 0.0909 e.